The fraction of sp³-hybridized carbons (Fsp3) is 0.267. The minimum atomic E-state index is -0.0943. The first-order valence-electron chi connectivity index (χ1n) is 6.03. The SMILES string of the molecule is Cc1ccc(C(=O)c2ccco2)c(NC(C)C)c1. The maximum absolute atomic E-state index is 12.3. The van der Waals surface area contributed by atoms with Crippen molar-refractivity contribution in [2.75, 3.05) is 5.32 Å². The van der Waals surface area contributed by atoms with Crippen molar-refractivity contribution in [1.82, 2.24) is 0 Å². The standard InChI is InChI=1S/C15H17NO2/c1-10(2)16-13-9-11(3)6-7-12(13)15(17)14-5-4-8-18-14/h4-10,16H,1-3H3. The maximum atomic E-state index is 12.3. The van der Waals surface area contributed by atoms with Gasteiger partial charge in [0.15, 0.2) is 5.76 Å². The van der Waals surface area contributed by atoms with Gasteiger partial charge in [-0.05, 0) is 50.6 Å². The molecule has 1 aromatic carbocycles. The average Bonchev–Trinajstić information content (AvgIpc) is 2.81. The van der Waals surface area contributed by atoms with Crippen LogP contribution < -0.4 is 5.32 Å². The number of benzene rings is 1. The summed E-state index contributed by atoms with van der Waals surface area (Å²) >= 11 is 0. The highest BCUT2D eigenvalue weighted by Crippen LogP contribution is 2.22. The Hall–Kier alpha value is -2.03. The molecule has 2 rings (SSSR count). The van der Waals surface area contributed by atoms with Crippen LogP contribution in [-0.4, -0.2) is 11.8 Å². The van der Waals surface area contributed by atoms with Crippen LogP contribution in [0, 0.1) is 6.92 Å². The molecule has 0 saturated heterocycles. The molecule has 3 nitrogen and oxygen atoms in total. The molecule has 2 aromatic rings. The highest BCUT2D eigenvalue weighted by Gasteiger charge is 2.16. The molecule has 0 atom stereocenters. The third-order valence-corrected chi connectivity index (χ3v) is 2.61. The van der Waals surface area contributed by atoms with Gasteiger partial charge in [0.25, 0.3) is 0 Å². The van der Waals surface area contributed by atoms with Gasteiger partial charge < -0.3 is 9.73 Å². The summed E-state index contributed by atoms with van der Waals surface area (Å²) in [6, 6.07) is 9.43. The molecule has 0 radical (unpaired) electrons. The lowest BCUT2D eigenvalue weighted by Gasteiger charge is -2.14. The molecule has 1 aromatic heterocycles. The van der Waals surface area contributed by atoms with Crippen LogP contribution in [0.15, 0.2) is 41.0 Å². The first-order chi connectivity index (χ1) is 8.58. The first kappa shape index (κ1) is 12.4. The Morgan fingerprint density at radius 1 is 1.28 bits per heavy atom. The van der Waals surface area contributed by atoms with Crippen molar-refractivity contribution in [2.45, 2.75) is 26.8 Å². The lowest BCUT2D eigenvalue weighted by atomic mass is 10.0. The molecule has 0 fully saturated rings. The number of carbonyl (C=O) groups is 1. The monoisotopic (exact) mass is 243 g/mol. The zero-order valence-corrected chi connectivity index (χ0v) is 10.9. The third-order valence-electron chi connectivity index (χ3n) is 2.61. The van der Waals surface area contributed by atoms with Gasteiger partial charge in [-0.2, -0.15) is 0 Å². The molecule has 0 bridgehead atoms. The van der Waals surface area contributed by atoms with Gasteiger partial charge in [0, 0.05) is 17.3 Å². The smallest absolute Gasteiger partial charge is 0.230 e. The van der Waals surface area contributed by atoms with Gasteiger partial charge in [0.2, 0.25) is 5.78 Å². The van der Waals surface area contributed by atoms with Crippen LogP contribution in [0.1, 0.15) is 35.5 Å². The van der Waals surface area contributed by atoms with Crippen molar-refractivity contribution in [2.24, 2.45) is 0 Å². The first-order valence-corrected chi connectivity index (χ1v) is 6.03. The summed E-state index contributed by atoms with van der Waals surface area (Å²) in [5.41, 5.74) is 2.62. The van der Waals surface area contributed by atoms with Crippen LogP contribution in [0.2, 0.25) is 0 Å². The quantitative estimate of drug-likeness (QED) is 0.833. The van der Waals surface area contributed by atoms with Gasteiger partial charge in [-0.25, -0.2) is 0 Å². The number of aryl methyl sites for hydroxylation is 1. The summed E-state index contributed by atoms with van der Waals surface area (Å²) in [4.78, 5) is 12.3. The molecule has 0 aliphatic carbocycles. The Labute approximate surface area is 107 Å². The lowest BCUT2D eigenvalue weighted by Crippen LogP contribution is -2.14. The van der Waals surface area contributed by atoms with Gasteiger partial charge in [0.05, 0.1) is 6.26 Å². The van der Waals surface area contributed by atoms with E-state index in [1.807, 2.05) is 39.0 Å². The van der Waals surface area contributed by atoms with Gasteiger partial charge in [0.1, 0.15) is 0 Å². The fourth-order valence-electron chi connectivity index (χ4n) is 1.83. The van der Waals surface area contributed by atoms with E-state index < -0.39 is 0 Å². The van der Waals surface area contributed by atoms with Crippen molar-refractivity contribution in [3.63, 3.8) is 0 Å². The van der Waals surface area contributed by atoms with Crippen LogP contribution in [0.4, 0.5) is 5.69 Å². The highest BCUT2D eigenvalue weighted by atomic mass is 16.3. The summed E-state index contributed by atoms with van der Waals surface area (Å²) < 4.78 is 5.16. The number of anilines is 1. The van der Waals surface area contributed by atoms with Gasteiger partial charge in [-0.15, -0.1) is 0 Å². The largest absolute Gasteiger partial charge is 0.461 e. The van der Waals surface area contributed by atoms with Crippen molar-refractivity contribution in [3.05, 3.63) is 53.5 Å². The Balaban J connectivity index is 2.40. The van der Waals surface area contributed by atoms with E-state index in [9.17, 15) is 4.79 Å². The molecule has 18 heavy (non-hydrogen) atoms. The molecule has 0 unspecified atom stereocenters. The molecule has 0 saturated carbocycles. The zero-order valence-electron chi connectivity index (χ0n) is 10.9. The maximum Gasteiger partial charge on any atom is 0.230 e. The lowest BCUT2D eigenvalue weighted by molar-refractivity contribution is 0.101. The fourth-order valence-corrected chi connectivity index (χ4v) is 1.83. The van der Waals surface area contributed by atoms with E-state index in [1.165, 1.54) is 6.26 Å². The third kappa shape index (κ3) is 2.62. The van der Waals surface area contributed by atoms with E-state index in [0.717, 1.165) is 11.3 Å². The predicted molar refractivity (Wildman–Crippen MR) is 72.1 cm³/mol. The molecule has 0 spiro atoms. The summed E-state index contributed by atoms with van der Waals surface area (Å²) in [5, 5.41) is 3.29. The van der Waals surface area contributed by atoms with Gasteiger partial charge >= 0.3 is 0 Å². The Bertz CT molecular complexity index is 542. The van der Waals surface area contributed by atoms with Crippen molar-refractivity contribution in [3.8, 4) is 0 Å². The number of hydrogen-bond donors (Lipinski definition) is 1. The van der Waals surface area contributed by atoms with Crippen LogP contribution in [0.3, 0.4) is 0 Å². The predicted octanol–water partition coefficient (Wildman–Crippen LogP) is 3.64. The van der Waals surface area contributed by atoms with Crippen LogP contribution in [-0.2, 0) is 0 Å². The second-order valence-corrected chi connectivity index (χ2v) is 4.65. The van der Waals surface area contributed by atoms with Crippen LogP contribution in [0.25, 0.3) is 0 Å². The molecule has 0 aliphatic rings. The van der Waals surface area contributed by atoms with E-state index in [-0.39, 0.29) is 11.8 Å². The number of furan rings is 1. The molecule has 0 amide bonds. The summed E-state index contributed by atoms with van der Waals surface area (Å²) in [7, 11) is 0. The number of carbonyl (C=O) groups excluding carboxylic acids is 1. The van der Waals surface area contributed by atoms with Gasteiger partial charge in [-0.1, -0.05) is 6.07 Å². The van der Waals surface area contributed by atoms with Crippen molar-refractivity contribution in [1.29, 1.82) is 0 Å². The molecule has 1 N–H and O–H groups in total. The molecule has 0 aliphatic heterocycles. The zero-order chi connectivity index (χ0) is 13.1. The average molecular weight is 243 g/mol. The molecule has 3 heteroatoms. The molecular formula is C15H17NO2. The number of rotatable bonds is 4. The van der Waals surface area contributed by atoms with Crippen molar-refractivity contribution < 1.29 is 9.21 Å². The number of ketones is 1. The summed E-state index contributed by atoms with van der Waals surface area (Å²) in [6.45, 7) is 6.10. The van der Waals surface area contributed by atoms with E-state index in [4.69, 9.17) is 4.42 Å². The molecule has 1 heterocycles. The highest BCUT2D eigenvalue weighted by molar-refractivity contribution is 6.10. The van der Waals surface area contributed by atoms with E-state index >= 15 is 0 Å². The molecule has 94 valence electrons. The summed E-state index contributed by atoms with van der Waals surface area (Å²) in [5.74, 6) is 0.272. The van der Waals surface area contributed by atoms with Crippen LogP contribution >= 0.6 is 0 Å². The Morgan fingerprint density at radius 3 is 2.67 bits per heavy atom. The van der Waals surface area contributed by atoms with Crippen molar-refractivity contribution >= 4 is 11.5 Å². The van der Waals surface area contributed by atoms with E-state index in [1.54, 1.807) is 12.1 Å². The second kappa shape index (κ2) is 5.08. The normalized spacial score (nSPS) is 10.7. The number of hydrogen-bond acceptors (Lipinski definition) is 3. The minimum Gasteiger partial charge on any atom is -0.461 e. The van der Waals surface area contributed by atoms with Crippen LogP contribution in [0.5, 0.6) is 0 Å². The summed E-state index contributed by atoms with van der Waals surface area (Å²) in [6.07, 6.45) is 1.51. The Kier molecular flexibility index (Phi) is 3.51. The van der Waals surface area contributed by atoms with Gasteiger partial charge in [-0.3, -0.25) is 4.79 Å². The topological polar surface area (TPSA) is 42.2 Å². The Morgan fingerprint density at radius 2 is 2.06 bits per heavy atom. The minimum absolute atomic E-state index is 0.0943. The van der Waals surface area contributed by atoms with E-state index in [0.29, 0.717) is 11.3 Å². The number of nitrogens with one attached hydrogen (secondary N) is 1. The second-order valence-electron chi connectivity index (χ2n) is 4.65. The van der Waals surface area contributed by atoms with E-state index in [2.05, 4.69) is 5.32 Å². The molecular weight excluding hydrogens is 226 g/mol.